The molecule has 0 fully saturated rings. The summed E-state index contributed by atoms with van der Waals surface area (Å²) < 4.78 is 0. The molecule has 0 heterocycles. The normalized spacial score (nSPS) is 11.4. The largest absolute Gasteiger partial charge is 0.481 e. The molecular formula is C24H46O2. The second kappa shape index (κ2) is 22.3. The number of hydrogen-bond acceptors (Lipinski definition) is 1. The average Bonchev–Trinajstić information content (AvgIpc) is 2.62. The highest BCUT2D eigenvalue weighted by Gasteiger charge is 1.97. The van der Waals surface area contributed by atoms with Crippen LogP contribution < -0.4 is 0 Å². The van der Waals surface area contributed by atoms with Crippen molar-refractivity contribution in [3.05, 3.63) is 12.2 Å². The van der Waals surface area contributed by atoms with Gasteiger partial charge in [-0.25, -0.2) is 0 Å². The van der Waals surface area contributed by atoms with Crippen molar-refractivity contribution in [2.75, 3.05) is 0 Å². The third kappa shape index (κ3) is 23.2. The Balaban J connectivity index is 3.00. The first-order chi connectivity index (χ1) is 12.8. The summed E-state index contributed by atoms with van der Waals surface area (Å²) in [6, 6.07) is 0. The van der Waals surface area contributed by atoms with E-state index in [2.05, 4.69) is 19.1 Å². The van der Waals surface area contributed by atoms with Crippen LogP contribution in [0.15, 0.2) is 12.2 Å². The zero-order valence-electron chi connectivity index (χ0n) is 17.7. The molecule has 0 aliphatic carbocycles. The van der Waals surface area contributed by atoms with Crippen LogP contribution in [0.3, 0.4) is 0 Å². The molecule has 0 unspecified atom stereocenters. The predicted octanol–water partition coefficient (Wildman–Crippen LogP) is 8.45. The van der Waals surface area contributed by atoms with Gasteiger partial charge in [0.2, 0.25) is 0 Å². The fraction of sp³-hybridized carbons (Fsp3) is 0.875. The molecule has 0 bridgehead atoms. The lowest BCUT2D eigenvalue weighted by Crippen LogP contribution is -1.93. The van der Waals surface area contributed by atoms with Crippen LogP contribution in [0.5, 0.6) is 0 Å². The Morgan fingerprint density at radius 2 is 0.885 bits per heavy atom. The van der Waals surface area contributed by atoms with E-state index in [4.69, 9.17) is 5.11 Å². The second-order valence-corrected chi connectivity index (χ2v) is 7.87. The van der Waals surface area contributed by atoms with Gasteiger partial charge in [0.05, 0.1) is 0 Å². The van der Waals surface area contributed by atoms with Crippen LogP contribution in [-0.4, -0.2) is 11.1 Å². The lowest BCUT2D eigenvalue weighted by Gasteiger charge is -2.03. The zero-order chi connectivity index (χ0) is 19.1. The smallest absolute Gasteiger partial charge is 0.303 e. The van der Waals surface area contributed by atoms with Crippen molar-refractivity contribution in [1.82, 2.24) is 0 Å². The van der Waals surface area contributed by atoms with Gasteiger partial charge in [-0.15, -0.1) is 0 Å². The van der Waals surface area contributed by atoms with E-state index in [9.17, 15) is 4.79 Å². The van der Waals surface area contributed by atoms with Gasteiger partial charge in [-0.3, -0.25) is 4.79 Å². The molecule has 0 aliphatic rings. The maximum absolute atomic E-state index is 10.4. The minimum Gasteiger partial charge on any atom is -0.481 e. The van der Waals surface area contributed by atoms with Gasteiger partial charge < -0.3 is 5.11 Å². The van der Waals surface area contributed by atoms with Crippen molar-refractivity contribution in [3.63, 3.8) is 0 Å². The lowest BCUT2D eigenvalue weighted by atomic mass is 10.0. The second-order valence-electron chi connectivity index (χ2n) is 7.87. The van der Waals surface area contributed by atoms with Gasteiger partial charge in [-0.2, -0.15) is 0 Å². The number of hydrogen-bond donors (Lipinski definition) is 1. The molecule has 0 saturated carbocycles. The van der Waals surface area contributed by atoms with Gasteiger partial charge in [-0.1, -0.05) is 115 Å². The lowest BCUT2D eigenvalue weighted by molar-refractivity contribution is -0.137. The monoisotopic (exact) mass is 366 g/mol. The van der Waals surface area contributed by atoms with E-state index >= 15 is 0 Å². The topological polar surface area (TPSA) is 37.3 Å². The Labute approximate surface area is 163 Å². The van der Waals surface area contributed by atoms with Crippen molar-refractivity contribution in [2.45, 2.75) is 135 Å². The molecule has 26 heavy (non-hydrogen) atoms. The van der Waals surface area contributed by atoms with E-state index in [1.54, 1.807) is 0 Å². The SMILES string of the molecule is CC=CCCCCCCCCCCCCCCCCCCCCC(=O)O. The molecule has 0 aromatic rings. The summed E-state index contributed by atoms with van der Waals surface area (Å²) >= 11 is 0. The van der Waals surface area contributed by atoms with Crippen molar-refractivity contribution in [2.24, 2.45) is 0 Å². The summed E-state index contributed by atoms with van der Waals surface area (Å²) in [6.07, 6.45) is 30.2. The Hall–Kier alpha value is -0.790. The summed E-state index contributed by atoms with van der Waals surface area (Å²) in [7, 11) is 0. The van der Waals surface area contributed by atoms with Gasteiger partial charge in [0.25, 0.3) is 0 Å². The molecule has 0 atom stereocenters. The Morgan fingerprint density at radius 1 is 0.577 bits per heavy atom. The number of aliphatic carboxylic acids is 1. The van der Waals surface area contributed by atoms with Crippen LogP contribution >= 0.6 is 0 Å². The number of rotatable bonds is 21. The molecule has 0 saturated heterocycles. The van der Waals surface area contributed by atoms with Crippen molar-refractivity contribution < 1.29 is 9.90 Å². The van der Waals surface area contributed by atoms with E-state index in [0.29, 0.717) is 6.42 Å². The quantitative estimate of drug-likeness (QED) is 0.163. The van der Waals surface area contributed by atoms with Crippen LogP contribution in [0.25, 0.3) is 0 Å². The number of carbonyl (C=O) groups is 1. The third-order valence-corrected chi connectivity index (χ3v) is 5.25. The van der Waals surface area contributed by atoms with Crippen LogP contribution in [-0.2, 0) is 4.79 Å². The van der Waals surface area contributed by atoms with E-state index < -0.39 is 5.97 Å². The molecule has 0 aliphatic heterocycles. The summed E-state index contributed by atoms with van der Waals surface area (Å²) in [5.41, 5.74) is 0. The van der Waals surface area contributed by atoms with Gasteiger partial charge in [0, 0.05) is 6.42 Å². The highest BCUT2D eigenvalue weighted by atomic mass is 16.4. The molecule has 0 radical (unpaired) electrons. The summed E-state index contributed by atoms with van der Waals surface area (Å²) in [5.74, 6) is -0.652. The van der Waals surface area contributed by atoms with Gasteiger partial charge in [0.15, 0.2) is 0 Å². The van der Waals surface area contributed by atoms with Gasteiger partial charge in [-0.05, 0) is 26.2 Å². The maximum Gasteiger partial charge on any atom is 0.303 e. The first-order valence-corrected chi connectivity index (χ1v) is 11.6. The molecule has 0 amide bonds. The minimum atomic E-state index is -0.652. The number of carboxylic acid groups (broad SMARTS) is 1. The fourth-order valence-corrected chi connectivity index (χ4v) is 3.53. The Bertz CT molecular complexity index is 309. The van der Waals surface area contributed by atoms with E-state index in [-0.39, 0.29) is 0 Å². The van der Waals surface area contributed by atoms with E-state index in [1.807, 2.05) is 0 Å². The molecule has 1 N–H and O–H groups in total. The molecular weight excluding hydrogens is 320 g/mol. The van der Waals surface area contributed by atoms with Crippen LogP contribution in [0.2, 0.25) is 0 Å². The first-order valence-electron chi connectivity index (χ1n) is 11.6. The number of allylic oxidation sites excluding steroid dienone is 2. The Morgan fingerprint density at radius 3 is 1.19 bits per heavy atom. The summed E-state index contributed by atoms with van der Waals surface area (Å²) in [5, 5.41) is 8.57. The molecule has 0 aromatic heterocycles. The summed E-state index contributed by atoms with van der Waals surface area (Å²) in [4.78, 5) is 10.4. The predicted molar refractivity (Wildman–Crippen MR) is 115 cm³/mol. The average molecular weight is 367 g/mol. The molecule has 2 nitrogen and oxygen atoms in total. The van der Waals surface area contributed by atoms with E-state index in [0.717, 1.165) is 12.8 Å². The van der Waals surface area contributed by atoms with Crippen molar-refractivity contribution in [3.8, 4) is 0 Å². The molecule has 0 aromatic carbocycles. The maximum atomic E-state index is 10.4. The highest BCUT2D eigenvalue weighted by molar-refractivity contribution is 5.66. The van der Waals surface area contributed by atoms with Crippen molar-refractivity contribution >= 4 is 5.97 Å². The van der Waals surface area contributed by atoms with Crippen LogP contribution in [0.1, 0.15) is 135 Å². The third-order valence-electron chi connectivity index (χ3n) is 5.25. The number of unbranched alkanes of at least 4 members (excludes halogenated alkanes) is 18. The molecule has 0 rings (SSSR count). The standard InChI is InChI=1S/C24H46O2/c1-2-3-4-5-6-7-8-9-10-11-12-13-14-15-16-17-18-19-20-21-22-23-24(25)26/h2-3H,4-23H2,1H3,(H,25,26). The highest BCUT2D eigenvalue weighted by Crippen LogP contribution is 2.14. The van der Waals surface area contributed by atoms with Crippen LogP contribution in [0.4, 0.5) is 0 Å². The van der Waals surface area contributed by atoms with E-state index in [1.165, 1.54) is 109 Å². The first kappa shape index (κ1) is 25.2. The summed E-state index contributed by atoms with van der Waals surface area (Å²) in [6.45, 7) is 2.11. The van der Waals surface area contributed by atoms with Crippen LogP contribution in [0, 0.1) is 0 Å². The fourth-order valence-electron chi connectivity index (χ4n) is 3.53. The molecule has 0 spiro atoms. The minimum absolute atomic E-state index is 0.344. The number of carboxylic acids is 1. The van der Waals surface area contributed by atoms with Gasteiger partial charge in [0.1, 0.15) is 0 Å². The van der Waals surface area contributed by atoms with Gasteiger partial charge >= 0.3 is 5.97 Å². The molecule has 2 heteroatoms. The zero-order valence-corrected chi connectivity index (χ0v) is 17.7. The van der Waals surface area contributed by atoms with Crippen molar-refractivity contribution in [1.29, 1.82) is 0 Å². The molecule has 154 valence electrons. The Kier molecular flexibility index (Phi) is 21.6.